The second kappa shape index (κ2) is 8.43. The molecule has 0 bridgehead atoms. The maximum absolute atomic E-state index is 6.37. The highest BCUT2D eigenvalue weighted by Gasteiger charge is 2.46. The molecule has 0 aliphatic rings. The van der Waals surface area contributed by atoms with Crippen LogP contribution in [0, 0.1) is 0 Å². The van der Waals surface area contributed by atoms with E-state index in [0.29, 0.717) is 0 Å². The molecule has 2 heteroatoms. The summed E-state index contributed by atoms with van der Waals surface area (Å²) in [5, 5.41) is 4.11. The molecule has 1 nitrogen and oxygen atoms in total. The van der Waals surface area contributed by atoms with Gasteiger partial charge in [0.25, 0.3) is 0 Å². The summed E-state index contributed by atoms with van der Waals surface area (Å²) in [5.41, 5.74) is 0. The lowest BCUT2D eigenvalue weighted by Gasteiger charge is -2.28. The van der Waals surface area contributed by atoms with Crippen LogP contribution in [0.1, 0.15) is 20.3 Å². The Morgan fingerprint density at radius 2 is 1.04 bits per heavy atom. The largest absolute Gasteiger partial charge is 0.342 e. The van der Waals surface area contributed by atoms with E-state index in [-0.39, 0.29) is 6.10 Å². The average molecular weight is 349 g/mol. The molecule has 0 aliphatic heterocycles. The molecule has 25 heavy (non-hydrogen) atoms. The maximum atomic E-state index is 6.37. The zero-order valence-electron chi connectivity index (χ0n) is 15.0. The lowest BCUT2D eigenvalue weighted by atomic mass is 10.3. The molecule has 0 N–H and O–H groups in total. The Bertz CT molecular complexity index is 659. The summed E-state index contributed by atoms with van der Waals surface area (Å²) in [6, 6.07) is 32.6. The third-order valence-electron chi connectivity index (χ3n) is 4.72. The lowest BCUT2D eigenvalue weighted by Crippen LogP contribution is -2.35. The quantitative estimate of drug-likeness (QED) is 0.559. The van der Waals surface area contributed by atoms with Gasteiger partial charge >= 0.3 is 0 Å². The van der Waals surface area contributed by atoms with E-state index >= 15 is 0 Å². The van der Waals surface area contributed by atoms with E-state index in [4.69, 9.17) is 4.74 Å². The molecule has 0 spiro atoms. The first kappa shape index (κ1) is 17.9. The fourth-order valence-electron chi connectivity index (χ4n) is 3.08. The Hall–Kier alpha value is -1.95. The Kier molecular flexibility index (Phi) is 6.02. The monoisotopic (exact) mass is 349 g/mol. The van der Waals surface area contributed by atoms with Crippen molar-refractivity contribution in [2.24, 2.45) is 0 Å². The normalized spacial score (nSPS) is 12.7. The molecule has 128 valence electrons. The number of ether oxygens (including phenoxy) is 1. The van der Waals surface area contributed by atoms with Crippen LogP contribution >= 0.6 is 7.26 Å². The van der Waals surface area contributed by atoms with Gasteiger partial charge < -0.3 is 4.74 Å². The van der Waals surface area contributed by atoms with Crippen LogP contribution in [0.2, 0.25) is 0 Å². The maximum Gasteiger partial charge on any atom is 0.171 e. The third kappa shape index (κ3) is 3.84. The highest BCUT2D eigenvalue weighted by molar-refractivity contribution is 7.95. The van der Waals surface area contributed by atoms with Crippen LogP contribution in [0.5, 0.6) is 0 Å². The van der Waals surface area contributed by atoms with E-state index in [1.165, 1.54) is 15.9 Å². The third-order valence-corrected chi connectivity index (χ3v) is 8.79. The van der Waals surface area contributed by atoms with Crippen molar-refractivity contribution in [2.75, 3.05) is 6.35 Å². The van der Waals surface area contributed by atoms with Crippen molar-refractivity contribution in [2.45, 2.75) is 26.4 Å². The number of hydrogen-bond acceptors (Lipinski definition) is 1. The van der Waals surface area contributed by atoms with Crippen molar-refractivity contribution in [3.05, 3.63) is 91.0 Å². The van der Waals surface area contributed by atoms with Gasteiger partial charge in [-0.1, -0.05) is 61.5 Å². The van der Waals surface area contributed by atoms with Crippen molar-refractivity contribution in [1.29, 1.82) is 0 Å². The number of benzene rings is 3. The summed E-state index contributed by atoms with van der Waals surface area (Å²) < 4.78 is 6.37. The fourth-order valence-corrected chi connectivity index (χ4v) is 6.94. The van der Waals surface area contributed by atoms with Crippen molar-refractivity contribution in [3.8, 4) is 0 Å². The molecule has 0 aromatic heterocycles. The van der Waals surface area contributed by atoms with Crippen LogP contribution in [0.25, 0.3) is 0 Å². The predicted octanol–water partition coefficient (Wildman–Crippen LogP) is 4.75. The molecule has 3 aromatic rings. The van der Waals surface area contributed by atoms with E-state index in [1.807, 2.05) is 0 Å². The summed E-state index contributed by atoms with van der Waals surface area (Å²) in [5.74, 6) is 0. The van der Waals surface area contributed by atoms with Gasteiger partial charge in [0, 0.05) is 0 Å². The molecule has 1 atom stereocenters. The highest BCUT2D eigenvalue weighted by Crippen LogP contribution is 2.55. The standard InChI is InChI=1S/C23H26OP/c1-3-20(2)24-19-25(21-13-7-4-8-14-21,22-15-9-5-10-16-22)23-17-11-6-12-18-23/h4-18,20H,3,19H2,1-2H3/q+1/t20-/m0/s1. The summed E-state index contributed by atoms with van der Waals surface area (Å²) in [7, 11) is -1.84. The molecular formula is C23H26OP+. The molecule has 0 aliphatic carbocycles. The average Bonchev–Trinajstić information content (AvgIpc) is 2.71. The summed E-state index contributed by atoms with van der Waals surface area (Å²) in [6.45, 7) is 4.34. The molecular weight excluding hydrogens is 323 g/mol. The van der Waals surface area contributed by atoms with Gasteiger partial charge in [0.15, 0.2) is 6.35 Å². The zero-order chi connectivity index (χ0) is 17.5. The summed E-state index contributed by atoms with van der Waals surface area (Å²) >= 11 is 0. The van der Waals surface area contributed by atoms with E-state index in [0.717, 1.165) is 12.8 Å². The minimum Gasteiger partial charge on any atom is -0.342 e. The van der Waals surface area contributed by atoms with E-state index < -0.39 is 7.26 Å². The molecule has 0 saturated heterocycles. The number of rotatable bonds is 7. The summed E-state index contributed by atoms with van der Waals surface area (Å²) in [6.07, 6.45) is 2.02. The van der Waals surface area contributed by atoms with Crippen LogP contribution in [0.15, 0.2) is 91.0 Å². The zero-order valence-corrected chi connectivity index (χ0v) is 15.9. The lowest BCUT2D eigenvalue weighted by molar-refractivity contribution is 0.0998. The van der Waals surface area contributed by atoms with Gasteiger partial charge in [0.2, 0.25) is 0 Å². The van der Waals surface area contributed by atoms with Gasteiger partial charge in [-0.25, -0.2) is 0 Å². The second-order valence-electron chi connectivity index (χ2n) is 6.33. The van der Waals surface area contributed by atoms with Gasteiger partial charge in [-0.3, -0.25) is 0 Å². The highest BCUT2D eigenvalue weighted by atomic mass is 31.2. The SMILES string of the molecule is CC[C@H](C)OC[P+](c1ccccc1)(c1ccccc1)c1ccccc1. The first-order valence-electron chi connectivity index (χ1n) is 8.94. The first-order chi connectivity index (χ1) is 12.3. The van der Waals surface area contributed by atoms with Crippen LogP contribution in [0.3, 0.4) is 0 Å². The van der Waals surface area contributed by atoms with Gasteiger partial charge in [-0.15, -0.1) is 0 Å². The Labute approximate surface area is 152 Å². The molecule has 0 heterocycles. The molecule has 0 unspecified atom stereocenters. The minimum absolute atomic E-state index is 0.260. The van der Waals surface area contributed by atoms with Crippen LogP contribution in [0.4, 0.5) is 0 Å². The van der Waals surface area contributed by atoms with Crippen molar-refractivity contribution < 1.29 is 4.74 Å². The smallest absolute Gasteiger partial charge is 0.171 e. The Morgan fingerprint density at radius 3 is 1.36 bits per heavy atom. The predicted molar refractivity (Wildman–Crippen MR) is 111 cm³/mol. The van der Waals surface area contributed by atoms with Crippen molar-refractivity contribution in [1.82, 2.24) is 0 Å². The fraction of sp³-hybridized carbons (Fsp3) is 0.217. The summed E-state index contributed by atoms with van der Waals surface area (Å²) in [4.78, 5) is 0. The first-order valence-corrected chi connectivity index (χ1v) is 10.9. The minimum atomic E-state index is -1.84. The van der Waals surface area contributed by atoms with Gasteiger partial charge in [0.1, 0.15) is 23.2 Å². The second-order valence-corrected chi connectivity index (χ2v) is 9.76. The molecule has 0 saturated carbocycles. The van der Waals surface area contributed by atoms with Crippen molar-refractivity contribution >= 4 is 23.2 Å². The molecule has 0 radical (unpaired) electrons. The van der Waals surface area contributed by atoms with Gasteiger partial charge in [0.05, 0.1) is 6.10 Å². The molecule has 3 rings (SSSR count). The van der Waals surface area contributed by atoms with Crippen LogP contribution in [-0.2, 0) is 4.74 Å². The Balaban J connectivity index is 2.20. The van der Waals surface area contributed by atoms with Crippen LogP contribution < -0.4 is 15.9 Å². The van der Waals surface area contributed by atoms with E-state index in [9.17, 15) is 0 Å². The van der Waals surface area contributed by atoms with Gasteiger partial charge in [-0.05, 0) is 49.7 Å². The van der Waals surface area contributed by atoms with Crippen LogP contribution in [-0.4, -0.2) is 12.5 Å². The number of hydrogen-bond donors (Lipinski definition) is 0. The van der Waals surface area contributed by atoms with Crippen molar-refractivity contribution in [3.63, 3.8) is 0 Å². The van der Waals surface area contributed by atoms with Gasteiger partial charge in [-0.2, -0.15) is 0 Å². The Morgan fingerprint density at radius 1 is 0.680 bits per heavy atom. The topological polar surface area (TPSA) is 9.23 Å². The molecule has 0 amide bonds. The molecule has 3 aromatic carbocycles. The van der Waals surface area contributed by atoms with E-state index in [2.05, 4.69) is 105 Å². The molecule has 0 fully saturated rings. The van der Waals surface area contributed by atoms with E-state index in [1.54, 1.807) is 0 Å².